The Morgan fingerprint density at radius 3 is 2.48 bits per heavy atom. The van der Waals surface area contributed by atoms with Crippen molar-refractivity contribution in [2.24, 2.45) is 7.05 Å². The van der Waals surface area contributed by atoms with E-state index in [1.165, 1.54) is 37.1 Å². The van der Waals surface area contributed by atoms with Crippen molar-refractivity contribution in [3.63, 3.8) is 0 Å². The first-order chi connectivity index (χ1) is 19.6. The lowest BCUT2D eigenvalue weighted by Gasteiger charge is -2.16. The molecule has 4 aromatic heterocycles. The lowest BCUT2D eigenvalue weighted by Crippen LogP contribution is -2.24. The van der Waals surface area contributed by atoms with Gasteiger partial charge in [-0.15, -0.1) is 0 Å². The number of hydrogen-bond donors (Lipinski definition) is 0. The molecule has 1 fully saturated rings. The van der Waals surface area contributed by atoms with Gasteiger partial charge in [0.1, 0.15) is 5.82 Å². The van der Waals surface area contributed by atoms with Gasteiger partial charge in [0.25, 0.3) is 0 Å². The zero-order valence-corrected chi connectivity index (χ0v) is 23.3. The van der Waals surface area contributed by atoms with Crippen molar-refractivity contribution < 1.29 is 0 Å². The van der Waals surface area contributed by atoms with E-state index < -0.39 is 0 Å². The molecule has 0 atom stereocenters. The van der Waals surface area contributed by atoms with Gasteiger partial charge in [0, 0.05) is 55.4 Å². The van der Waals surface area contributed by atoms with Crippen molar-refractivity contribution >= 4 is 0 Å². The quantitative estimate of drug-likeness (QED) is 0.294. The van der Waals surface area contributed by atoms with E-state index in [9.17, 15) is 0 Å². The molecule has 9 heteroatoms. The molecule has 5 heterocycles. The van der Waals surface area contributed by atoms with Gasteiger partial charge in [-0.05, 0) is 62.9 Å². The molecular weight excluding hydrogens is 498 g/mol. The van der Waals surface area contributed by atoms with Crippen LogP contribution in [0.3, 0.4) is 0 Å². The molecular formula is C31H35N9. The van der Waals surface area contributed by atoms with Crippen LogP contribution in [0.1, 0.15) is 42.5 Å². The van der Waals surface area contributed by atoms with E-state index in [-0.39, 0.29) is 0 Å². The molecule has 9 nitrogen and oxygen atoms in total. The van der Waals surface area contributed by atoms with Gasteiger partial charge in [0.05, 0.1) is 41.9 Å². The molecule has 0 radical (unpaired) electrons. The van der Waals surface area contributed by atoms with Gasteiger partial charge >= 0.3 is 0 Å². The normalized spacial score (nSPS) is 14.9. The predicted octanol–water partition coefficient (Wildman–Crippen LogP) is 4.41. The molecule has 2 aliphatic rings. The number of fused-ring (bicyclic) bond motifs is 3. The predicted molar refractivity (Wildman–Crippen MR) is 155 cm³/mol. The molecule has 7 rings (SSSR count). The second-order valence-electron chi connectivity index (χ2n) is 10.9. The summed E-state index contributed by atoms with van der Waals surface area (Å²) in [6.45, 7) is 7.38. The summed E-state index contributed by atoms with van der Waals surface area (Å²) in [5, 5.41) is 14.2. The molecule has 1 aromatic carbocycles. The average Bonchev–Trinajstić information content (AvgIpc) is 3.79. The fourth-order valence-corrected chi connectivity index (χ4v) is 6.06. The van der Waals surface area contributed by atoms with Crippen LogP contribution in [-0.2, 0) is 39.4 Å². The van der Waals surface area contributed by atoms with Gasteiger partial charge in [0.15, 0.2) is 0 Å². The molecule has 0 spiro atoms. The van der Waals surface area contributed by atoms with Crippen molar-refractivity contribution in [2.45, 2.75) is 52.1 Å². The van der Waals surface area contributed by atoms with Gasteiger partial charge in [0.2, 0.25) is 0 Å². The molecule has 0 saturated carbocycles. The lowest BCUT2D eigenvalue weighted by molar-refractivity contribution is 0.316. The zero-order chi connectivity index (χ0) is 27.1. The van der Waals surface area contributed by atoms with Crippen LogP contribution in [-0.4, -0.2) is 63.8 Å². The van der Waals surface area contributed by atoms with Crippen LogP contribution in [0.2, 0.25) is 0 Å². The standard InChI is InChI=1S/C31H35N9/c1-3-39-15-12-26(35-39)18-28-32-19-24-10-11-27-29(30(24)34-28)31(37(2)36-27)23-8-6-22(7-9-23)25-20-33-40(21-25)17-16-38-13-4-5-14-38/h6-9,12,15,19-21H,3-5,10-11,13-14,16-18H2,1-2H3. The smallest absolute Gasteiger partial charge is 0.134 e. The van der Waals surface area contributed by atoms with Crippen LogP contribution in [0.5, 0.6) is 0 Å². The zero-order valence-electron chi connectivity index (χ0n) is 23.3. The summed E-state index contributed by atoms with van der Waals surface area (Å²) in [6.07, 6.45) is 13.2. The summed E-state index contributed by atoms with van der Waals surface area (Å²) >= 11 is 0. The first-order valence-electron chi connectivity index (χ1n) is 14.4. The number of benzene rings is 1. The highest BCUT2D eigenvalue weighted by atomic mass is 15.3. The molecule has 0 bridgehead atoms. The summed E-state index contributed by atoms with van der Waals surface area (Å²) in [4.78, 5) is 12.3. The van der Waals surface area contributed by atoms with Crippen molar-refractivity contribution in [3.05, 3.63) is 77.9 Å². The van der Waals surface area contributed by atoms with E-state index in [2.05, 4.69) is 62.1 Å². The Labute approximate surface area is 234 Å². The minimum Gasteiger partial charge on any atom is -0.301 e. The Morgan fingerprint density at radius 2 is 1.68 bits per heavy atom. The Kier molecular flexibility index (Phi) is 6.51. The molecule has 5 aromatic rings. The van der Waals surface area contributed by atoms with Crippen LogP contribution < -0.4 is 0 Å². The van der Waals surface area contributed by atoms with E-state index >= 15 is 0 Å². The summed E-state index contributed by atoms with van der Waals surface area (Å²) < 4.78 is 6.02. The monoisotopic (exact) mass is 533 g/mol. The molecule has 1 aliphatic carbocycles. The fraction of sp³-hybridized carbons (Fsp3) is 0.387. The summed E-state index contributed by atoms with van der Waals surface area (Å²) in [5.74, 6) is 0.792. The van der Waals surface area contributed by atoms with E-state index in [0.29, 0.717) is 6.42 Å². The Bertz CT molecular complexity index is 1630. The first-order valence-corrected chi connectivity index (χ1v) is 14.4. The van der Waals surface area contributed by atoms with Gasteiger partial charge < -0.3 is 4.90 Å². The number of nitrogens with zero attached hydrogens (tertiary/aromatic N) is 9. The van der Waals surface area contributed by atoms with Gasteiger partial charge in [-0.25, -0.2) is 9.97 Å². The molecule has 0 amide bonds. The summed E-state index contributed by atoms with van der Waals surface area (Å²) in [5.41, 5.74) is 9.97. The third-order valence-electron chi connectivity index (χ3n) is 8.23. The number of rotatable bonds is 8. The fourth-order valence-electron chi connectivity index (χ4n) is 6.06. The van der Waals surface area contributed by atoms with Crippen LogP contribution in [0.4, 0.5) is 0 Å². The van der Waals surface area contributed by atoms with Gasteiger partial charge in [-0.1, -0.05) is 24.3 Å². The van der Waals surface area contributed by atoms with Gasteiger partial charge in [-0.2, -0.15) is 15.3 Å². The van der Waals surface area contributed by atoms with E-state index in [1.807, 2.05) is 41.1 Å². The van der Waals surface area contributed by atoms with Crippen LogP contribution in [0, 0.1) is 0 Å². The Morgan fingerprint density at radius 1 is 0.850 bits per heavy atom. The average molecular weight is 534 g/mol. The number of hydrogen-bond acceptors (Lipinski definition) is 6. The van der Waals surface area contributed by atoms with Crippen LogP contribution >= 0.6 is 0 Å². The van der Waals surface area contributed by atoms with Crippen molar-refractivity contribution in [3.8, 4) is 33.6 Å². The van der Waals surface area contributed by atoms with E-state index in [1.54, 1.807) is 0 Å². The first kappa shape index (κ1) is 24.9. The Balaban J connectivity index is 1.15. The highest BCUT2D eigenvalue weighted by Crippen LogP contribution is 2.39. The summed E-state index contributed by atoms with van der Waals surface area (Å²) in [7, 11) is 2.03. The van der Waals surface area contributed by atoms with E-state index in [0.717, 1.165) is 77.8 Å². The van der Waals surface area contributed by atoms with E-state index in [4.69, 9.17) is 10.1 Å². The third kappa shape index (κ3) is 4.75. The highest BCUT2D eigenvalue weighted by molar-refractivity contribution is 5.84. The lowest BCUT2D eigenvalue weighted by atomic mass is 9.91. The SMILES string of the molecule is CCn1ccc(Cc2ncc3c(n2)-c2c(nn(C)c2-c2ccc(-c4cnn(CCN5CCCC5)c4)cc2)CC3)n1. The second kappa shape index (κ2) is 10.5. The molecule has 1 aliphatic heterocycles. The second-order valence-corrected chi connectivity index (χ2v) is 10.9. The molecule has 0 N–H and O–H groups in total. The molecule has 204 valence electrons. The van der Waals surface area contributed by atoms with Crippen molar-refractivity contribution in [1.82, 2.24) is 44.2 Å². The minimum absolute atomic E-state index is 0.617. The van der Waals surface area contributed by atoms with Crippen molar-refractivity contribution in [1.29, 1.82) is 0 Å². The highest BCUT2D eigenvalue weighted by Gasteiger charge is 2.27. The van der Waals surface area contributed by atoms with Crippen molar-refractivity contribution in [2.75, 3.05) is 19.6 Å². The molecule has 40 heavy (non-hydrogen) atoms. The van der Waals surface area contributed by atoms with Crippen LogP contribution in [0.25, 0.3) is 33.6 Å². The maximum atomic E-state index is 5.07. The third-order valence-corrected chi connectivity index (χ3v) is 8.23. The topological polar surface area (TPSA) is 82.5 Å². The number of aromatic nitrogens is 8. The van der Waals surface area contributed by atoms with Crippen LogP contribution in [0.15, 0.2) is 55.1 Å². The number of aryl methyl sites for hydroxylation is 4. The maximum absolute atomic E-state index is 5.07. The molecule has 1 saturated heterocycles. The van der Waals surface area contributed by atoms with Gasteiger partial charge in [-0.3, -0.25) is 14.0 Å². The Hall–Kier alpha value is -4.11. The minimum atomic E-state index is 0.617. The largest absolute Gasteiger partial charge is 0.301 e. The summed E-state index contributed by atoms with van der Waals surface area (Å²) in [6, 6.07) is 10.8. The maximum Gasteiger partial charge on any atom is 0.134 e. The molecule has 0 unspecified atom stereocenters. The number of likely N-dealkylation sites (tertiary alicyclic amines) is 1.